The van der Waals surface area contributed by atoms with Crippen molar-refractivity contribution in [3.8, 4) is 5.75 Å². The number of sulfonamides is 1. The summed E-state index contributed by atoms with van der Waals surface area (Å²) in [4.78, 5) is 23.5. The number of furan rings is 1. The molecule has 1 unspecified atom stereocenters. The molecule has 0 fully saturated rings. The number of hydrogen-bond acceptors (Lipinski definition) is 6. The van der Waals surface area contributed by atoms with Gasteiger partial charge < -0.3 is 13.7 Å². The highest BCUT2D eigenvalue weighted by atomic mass is 32.2. The third kappa shape index (κ3) is 3.48. The maximum absolute atomic E-state index is 12.7. The van der Waals surface area contributed by atoms with Gasteiger partial charge in [0.2, 0.25) is 10.0 Å². The van der Waals surface area contributed by atoms with Gasteiger partial charge in [0.25, 0.3) is 5.56 Å². The molecule has 3 rings (SSSR count). The molecule has 0 saturated carbocycles. The van der Waals surface area contributed by atoms with Gasteiger partial charge in [-0.25, -0.2) is 17.9 Å². The summed E-state index contributed by atoms with van der Waals surface area (Å²) in [6.07, 6.45) is 1.01. The number of fused-ring (bicyclic) bond motifs is 1. The van der Waals surface area contributed by atoms with Crippen molar-refractivity contribution < 1.29 is 17.6 Å². The molecule has 9 nitrogen and oxygen atoms in total. The minimum Gasteiger partial charge on any atom is -0.490 e. The number of para-hydroxylation sites is 1. The van der Waals surface area contributed by atoms with E-state index in [4.69, 9.17) is 9.15 Å². The van der Waals surface area contributed by atoms with Gasteiger partial charge in [-0.15, -0.1) is 0 Å². The standard InChI is InChI=1S/C18H21N3O6S/c1-5-26-13-8-6-7-12-9-14(27-16(12)13)11(2)19-28(24,25)15-10-20(3)18(23)21(4)17(15)22/h6-11,19H,5H2,1-4H3. The summed E-state index contributed by atoms with van der Waals surface area (Å²) in [5.74, 6) is 0.931. The lowest BCUT2D eigenvalue weighted by Crippen LogP contribution is -2.41. The van der Waals surface area contributed by atoms with Gasteiger partial charge in [0, 0.05) is 25.7 Å². The molecule has 0 amide bonds. The van der Waals surface area contributed by atoms with Crippen molar-refractivity contribution in [3.63, 3.8) is 0 Å². The van der Waals surface area contributed by atoms with Crippen LogP contribution in [0.3, 0.4) is 0 Å². The summed E-state index contributed by atoms with van der Waals surface area (Å²) in [5, 5.41) is 0.769. The summed E-state index contributed by atoms with van der Waals surface area (Å²) in [6.45, 7) is 3.92. The Morgan fingerprint density at radius 1 is 1.25 bits per heavy atom. The lowest BCUT2D eigenvalue weighted by Gasteiger charge is -2.13. The van der Waals surface area contributed by atoms with Gasteiger partial charge in [-0.2, -0.15) is 0 Å². The molecule has 0 radical (unpaired) electrons. The normalized spacial score (nSPS) is 13.0. The van der Waals surface area contributed by atoms with Crippen molar-refractivity contribution in [1.82, 2.24) is 13.9 Å². The Kier molecular flexibility index (Phi) is 5.18. The van der Waals surface area contributed by atoms with Gasteiger partial charge in [0.15, 0.2) is 16.2 Å². The first kappa shape index (κ1) is 19.9. The molecule has 0 saturated heterocycles. The number of benzene rings is 1. The third-order valence-electron chi connectivity index (χ3n) is 4.29. The van der Waals surface area contributed by atoms with Gasteiger partial charge >= 0.3 is 5.69 Å². The molecule has 1 aromatic carbocycles. The first-order valence-corrected chi connectivity index (χ1v) is 10.1. The molecular weight excluding hydrogens is 386 g/mol. The van der Waals surface area contributed by atoms with Crippen molar-refractivity contribution >= 4 is 21.0 Å². The zero-order chi connectivity index (χ0) is 20.6. The maximum Gasteiger partial charge on any atom is 0.330 e. The highest BCUT2D eigenvalue weighted by Crippen LogP contribution is 2.31. The molecule has 150 valence electrons. The van der Waals surface area contributed by atoms with Crippen LogP contribution >= 0.6 is 0 Å². The fourth-order valence-corrected chi connectivity index (χ4v) is 4.22. The van der Waals surface area contributed by atoms with Gasteiger partial charge in [-0.3, -0.25) is 9.36 Å². The number of nitrogens with one attached hydrogen (secondary N) is 1. The summed E-state index contributed by atoms with van der Waals surface area (Å²) < 4.78 is 41.0. The minimum atomic E-state index is -4.19. The smallest absolute Gasteiger partial charge is 0.330 e. The second kappa shape index (κ2) is 7.28. The Morgan fingerprint density at radius 3 is 2.64 bits per heavy atom. The van der Waals surface area contributed by atoms with Crippen molar-refractivity contribution in [3.05, 3.63) is 57.1 Å². The number of aryl methyl sites for hydroxylation is 1. The third-order valence-corrected chi connectivity index (χ3v) is 5.81. The Bertz CT molecular complexity index is 1250. The molecular formula is C18H21N3O6S. The van der Waals surface area contributed by atoms with Gasteiger partial charge in [0.05, 0.1) is 12.6 Å². The van der Waals surface area contributed by atoms with Crippen LogP contribution in [0.1, 0.15) is 25.6 Å². The first-order chi connectivity index (χ1) is 13.2. The first-order valence-electron chi connectivity index (χ1n) is 8.60. The number of hydrogen-bond donors (Lipinski definition) is 1. The van der Waals surface area contributed by atoms with Gasteiger partial charge in [-0.05, 0) is 26.0 Å². The average molecular weight is 407 g/mol. The van der Waals surface area contributed by atoms with Crippen LogP contribution in [0.4, 0.5) is 0 Å². The summed E-state index contributed by atoms with van der Waals surface area (Å²) in [6, 6.07) is 6.37. The maximum atomic E-state index is 12.7. The fourth-order valence-electron chi connectivity index (χ4n) is 2.85. The van der Waals surface area contributed by atoms with Crippen LogP contribution < -0.4 is 20.7 Å². The monoisotopic (exact) mass is 407 g/mol. The molecule has 0 aliphatic carbocycles. The molecule has 0 bridgehead atoms. The molecule has 1 atom stereocenters. The van der Waals surface area contributed by atoms with E-state index < -0.39 is 32.2 Å². The Hall–Kier alpha value is -2.85. The van der Waals surface area contributed by atoms with E-state index in [-0.39, 0.29) is 0 Å². The lowest BCUT2D eigenvalue weighted by atomic mass is 10.2. The molecule has 1 N–H and O–H groups in total. The van der Waals surface area contributed by atoms with E-state index in [0.29, 0.717) is 23.7 Å². The molecule has 2 heterocycles. The van der Waals surface area contributed by atoms with E-state index in [2.05, 4.69) is 4.72 Å². The number of nitrogens with zero attached hydrogens (tertiary/aromatic N) is 2. The van der Waals surface area contributed by atoms with Crippen LogP contribution in [0.5, 0.6) is 5.75 Å². The van der Waals surface area contributed by atoms with E-state index in [9.17, 15) is 18.0 Å². The number of rotatable bonds is 6. The molecule has 0 aliphatic rings. The predicted octanol–water partition coefficient (Wildman–Crippen LogP) is 1.27. The summed E-state index contributed by atoms with van der Waals surface area (Å²) in [5.41, 5.74) is -0.993. The van der Waals surface area contributed by atoms with E-state index in [1.807, 2.05) is 19.1 Å². The fraction of sp³-hybridized carbons (Fsp3) is 0.333. The highest BCUT2D eigenvalue weighted by molar-refractivity contribution is 7.89. The van der Waals surface area contributed by atoms with Crippen molar-refractivity contribution in [2.24, 2.45) is 14.1 Å². The van der Waals surface area contributed by atoms with Gasteiger partial charge in [0.1, 0.15) is 5.76 Å². The Balaban J connectivity index is 1.98. The van der Waals surface area contributed by atoms with E-state index in [1.54, 1.807) is 19.1 Å². The van der Waals surface area contributed by atoms with E-state index >= 15 is 0 Å². The largest absolute Gasteiger partial charge is 0.490 e. The summed E-state index contributed by atoms with van der Waals surface area (Å²) in [7, 11) is -1.59. The number of ether oxygens (including phenoxy) is 1. The topological polar surface area (TPSA) is 113 Å². The van der Waals surface area contributed by atoms with Crippen molar-refractivity contribution in [2.45, 2.75) is 24.8 Å². The second-order valence-corrected chi connectivity index (χ2v) is 8.03. The average Bonchev–Trinajstić information content (AvgIpc) is 3.08. The Labute approximate surface area is 161 Å². The zero-order valence-corrected chi connectivity index (χ0v) is 16.7. The van der Waals surface area contributed by atoms with Crippen LogP contribution in [-0.2, 0) is 24.1 Å². The van der Waals surface area contributed by atoms with E-state index in [1.165, 1.54) is 14.1 Å². The Morgan fingerprint density at radius 2 is 1.96 bits per heavy atom. The van der Waals surface area contributed by atoms with Gasteiger partial charge in [-0.1, -0.05) is 12.1 Å². The molecule has 10 heteroatoms. The lowest BCUT2D eigenvalue weighted by molar-refractivity contribution is 0.336. The quantitative estimate of drug-likeness (QED) is 0.658. The van der Waals surface area contributed by atoms with Crippen LogP contribution in [-0.4, -0.2) is 24.2 Å². The second-order valence-electron chi connectivity index (χ2n) is 6.35. The van der Waals surface area contributed by atoms with Crippen LogP contribution in [0.15, 0.2) is 49.4 Å². The zero-order valence-electron chi connectivity index (χ0n) is 15.9. The number of aromatic nitrogens is 2. The highest BCUT2D eigenvalue weighted by Gasteiger charge is 2.25. The molecule has 28 heavy (non-hydrogen) atoms. The molecule has 3 aromatic rings. The van der Waals surface area contributed by atoms with Crippen molar-refractivity contribution in [2.75, 3.05) is 6.61 Å². The van der Waals surface area contributed by atoms with Crippen LogP contribution in [0.25, 0.3) is 11.0 Å². The van der Waals surface area contributed by atoms with Crippen molar-refractivity contribution in [1.29, 1.82) is 0 Å². The minimum absolute atomic E-state index is 0.368. The van der Waals surface area contributed by atoms with Crippen LogP contribution in [0, 0.1) is 0 Å². The molecule has 0 spiro atoms. The SMILES string of the molecule is CCOc1cccc2cc(C(C)NS(=O)(=O)c3cn(C)c(=O)n(C)c3=O)oc12. The molecule has 0 aliphatic heterocycles. The summed E-state index contributed by atoms with van der Waals surface area (Å²) >= 11 is 0. The van der Waals surface area contributed by atoms with E-state index in [0.717, 1.165) is 20.7 Å². The predicted molar refractivity (Wildman–Crippen MR) is 103 cm³/mol. The molecule has 2 aromatic heterocycles. The van der Waals surface area contributed by atoms with Crippen LogP contribution in [0.2, 0.25) is 0 Å².